The van der Waals surface area contributed by atoms with Crippen LogP contribution in [0.25, 0.3) is 0 Å². The van der Waals surface area contributed by atoms with Crippen LogP contribution in [0.3, 0.4) is 0 Å². The third-order valence-corrected chi connectivity index (χ3v) is 20.1. The van der Waals surface area contributed by atoms with Crippen molar-refractivity contribution < 1.29 is 4.74 Å². The van der Waals surface area contributed by atoms with Crippen molar-refractivity contribution in [1.29, 1.82) is 0 Å². The van der Waals surface area contributed by atoms with E-state index in [1.165, 1.54) is 55.7 Å². The topological polar surface area (TPSA) is 38.2 Å². The van der Waals surface area contributed by atoms with Gasteiger partial charge in [-0.05, 0) is 0 Å². The van der Waals surface area contributed by atoms with E-state index in [1.807, 2.05) is 6.20 Å². The third kappa shape index (κ3) is 6.09. The predicted molar refractivity (Wildman–Crippen MR) is 110 cm³/mol. The standard InChI is InChI=1S/C8H10N3O.3C4H9.Sn/c1-2-9-7-10-8(1)11-3-5-12-6-4-11;3*1-3-4-2;/h1-2H,3-6H2;3*1,3-4H2,2H3;. The molecule has 5 heteroatoms. The van der Waals surface area contributed by atoms with Gasteiger partial charge in [0.15, 0.2) is 0 Å². The Labute approximate surface area is 158 Å². The van der Waals surface area contributed by atoms with Gasteiger partial charge in [0.2, 0.25) is 0 Å². The molecule has 1 fully saturated rings. The molecule has 0 atom stereocenters. The SMILES string of the molecule is CCC[CH2][Sn]([CH2]CCC)([CH2]CCC)[c]1nccc(N2CCOCC2)n1. The molecule has 0 N–H and O–H groups in total. The number of ether oxygens (including phenoxy) is 1. The molecule has 0 aliphatic carbocycles. The summed E-state index contributed by atoms with van der Waals surface area (Å²) < 4.78 is 11.1. The average molecular weight is 454 g/mol. The van der Waals surface area contributed by atoms with Gasteiger partial charge in [-0.15, -0.1) is 0 Å². The van der Waals surface area contributed by atoms with E-state index >= 15 is 0 Å². The first-order chi connectivity index (χ1) is 12.3. The number of hydrogen-bond donors (Lipinski definition) is 0. The molecule has 1 aromatic rings. The second-order valence-electron chi connectivity index (χ2n) is 7.43. The summed E-state index contributed by atoms with van der Waals surface area (Å²) in [5.41, 5.74) is 0. The monoisotopic (exact) mass is 455 g/mol. The molecule has 0 spiro atoms. The molecular weight excluding hydrogens is 417 g/mol. The molecule has 0 saturated carbocycles. The Morgan fingerprint density at radius 2 is 1.52 bits per heavy atom. The molecule has 1 saturated heterocycles. The van der Waals surface area contributed by atoms with Crippen LogP contribution in [0.2, 0.25) is 13.3 Å². The molecule has 25 heavy (non-hydrogen) atoms. The van der Waals surface area contributed by atoms with Gasteiger partial charge < -0.3 is 0 Å². The number of anilines is 1. The van der Waals surface area contributed by atoms with E-state index in [2.05, 4.69) is 31.7 Å². The van der Waals surface area contributed by atoms with Gasteiger partial charge in [-0.3, -0.25) is 0 Å². The minimum absolute atomic E-state index is 0.815. The molecule has 0 bridgehead atoms. The van der Waals surface area contributed by atoms with Crippen molar-refractivity contribution in [2.75, 3.05) is 31.2 Å². The predicted octanol–water partition coefficient (Wildman–Crippen LogP) is 4.37. The van der Waals surface area contributed by atoms with Gasteiger partial charge in [0.05, 0.1) is 0 Å². The number of nitrogens with zero attached hydrogens (tertiary/aromatic N) is 3. The van der Waals surface area contributed by atoms with Crippen LogP contribution in [0.1, 0.15) is 59.3 Å². The van der Waals surface area contributed by atoms with Crippen LogP contribution < -0.4 is 8.74 Å². The van der Waals surface area contributed by atoms with Gasteiger partial charge in [0.1, 0.15) is 0 Å². The van der Waals surface area contributed by atoms with Crippen molar-refractivity contribution in [3.05, 3.63) is 12.3 Å². The third-order valence-electron chi connectivity index (χ3n) is 5.48. The Hall–Kier alpha value is -0.361. The first-order valence-corrected chi connectivity index (χ1v) is 17.9. The molecule has 1 aromatic heterocycles. The molecule has 0 radical (unpaired) electrons. The molecule has 2 heterocycles. The van der Waals surface area contributed by atoms with E-state index in [-0.39, 0.29) is 0 Å². The zero-order chi connectivity index (χ0) is 18.0. The fourth-order valence-corrected chi connectivity index (χ4v) is 18.7. The summed E-state index contributed by atoms with van der Waals surface area (Å²) in [5.74, 6) is 1.14. The molecule has 2 rings (SSSR count). The minimum atomic E-state index is -2.51. The molecule has 1 aliphatic heterocycles. The number of morpholine rings is 1. The van der Waals surface area contributed by atoms with Gasteiger partial charge in [-0.2, -0.15) is 0 Å². The van der Waals surface area contributed by atoms with E-state index in [1.54, 1.807) is 0 Å². The van der Waals surface area contributed by atoms with E-state index in [4.69, 9.17) is 14.7 Å². The summed E-state index contributed by atoms with van der Waals surface area (Å²) >= 11 is -2.51. The fraction of sp³-hybridized carbons (Fsp3) is 0.800. The van der Waals surface area contributed by atoms with E-state index in [0.29, 0.717) is 0 Å². The van der Waals surface area contributed by atoms with E-state index in [0.717, 1.165) is 32.1 Å². The van der Waals surface area contributed by atoms with Gasteiger partial charge in [0, 0.05) is 0 Å². The van der Waals surface area contributed by atoms with Crippen molar-refractivity contribution in [2.24, 2.45) is 0 Å². The zero-order valence-electron chi connectivity index (χ0n) is 16.6. The Morgan fingerprint density at radius 1 is 0.960 bits per heavy atom. The molecule has 0 aromatic carbocycles. The number of rotatable bonds is 11. The first kappa shape index (κ1) is 20.9. The summed E-state index contributed by atoms with van der Waals surface area (Å²) in [5, 5.41) is 0. The van der Waals surface area contributed by atoms with Crippen molar-refractivity contribution in [1.82, 2.24) is 9.97 Å². The number of unbranched alkanes of at least 4 members (excludes halogenated alkanes) is 3. The van der Waals surface area contributed by atoms with Gasteiger partial charge in [-0.25, -0.2) is 0 Å². The van der Waals surface area contributed by atoms with E-state index < -0.39 is 18.4 Å². The fourth-order valence-electron chi connectivity index (χ4n) is 3.83. The van der Waals surface area contributed by atoms with Crippen molar-refractivity contribution >= 4 is 28.0 Å². The first-order valence-electron chi connectivity index (χ1n) is 10.4. The van der Waals surface area contributed by atoms with Gasteiger partial charge in [-0.1, -0.05) is 0 Å². The Kier molecular flexibility index (Phi) is 9.53. The molecular formula is C20H37N3OSn. The Bertz CT molecular complexity index is 470. The van der Waals surface area contributed by atoms with Crippen LogP contribution in [-0.2, 0) is 4.74 Å². The summed E-state index contributed by atoms with van der Waals surface area (Å²) in [6, 6.07) is 2.10. The molecule has 142 valence electrons. The molecule has 4 nitrogen and oxygen atoms in total. The zero-order valence-corrected chi connectivity index (χ0v) is 19.5. The van der Waals surface area contributed by atoms with Crippen LogP contribution >= 0.6 is 0 Å². The maximum atomic E-state index is 5.51. The number of hydrogen-bond acceptors (Lipinski definition) is 4. The molecule has 0 amide bonds. The summed E-state index contributed by atoms with van der Waals surface area (Å²) in [6.45, 7) is 10.5. The summed E-state index contributed by atoms with van der Waals surface area (Å²) in [4.78, 5) is 12.4. The quantitative estimate of drug-likeness (QED) is 0.466. The Balaban J connectivity index is 2.29. The maximum absolute atomic E-state index is 5.51. The van der Waals surface area contributed by atoms with Crippen molar-refractivity contribution in [3.8, 4) is 0 Å². The second kappa shape index (κ2) is 11.4. The number of aromatic nitrogens is 2. The van der Waals surface area contributed by atoms with Crippen LogP contribution in [0.15, 0.2) is 12.3 Å². The van der Waals surface area contributed by atoms with Crippen LogP contribution in [0.5, 0.6) is 0 Å². The van der Waals surface area contributed by atoms with Crippen molar-refractivity contribution in [2.45, 2.75) is 72.6 Å². The van der Waals surface area contributed by atoms with Gasteiger partial charge >= 0.3 is 159 Å². The average Bonchev–Trinajstić information content (AvgIpc) is 2.68. The molecule has 1 aliphatic rings. The normalized spacial score (nSPS) is 15.6. The van der Waals surface area contributed by atoms with Crippen molar-refractivity contribution in [3.63, 3.8) is 0 Å². The van der Waals surface area contributed by atoms with Crippen LogP contribution in [-0.4, -0.2) is 54.6 Å². The van der Waals surface area contributed by atoms with Crippen LogP contribution in [0.4, 0.5) is 5.82 Å². The Morgan fingerprint density at radius 3 is 2.04 bits per heavy atom. The second-order valence-corrected chi connectivity index (χ2v) is 20.3. The van der Waals surface area contributed by atoms with E-state index in [9.17, 15) is 0 Å². The molecule has 0 unspecified atom stereocenters. The summed E-state index contributed by atoms with van der Waals surface area (Å²) in [6.07, 6.45) is 9.97. The van der Waals surface area contributed by atoms with Gasteiger partial charge in [0.25, 0.3) is 0 Å². The summed E-state index contributed by atoms with van der Waals surface area (Å²) in [7, 11) is 0. The van der Waals surface area contributed by atoms with Crippen LogP contribution in [0, 0.1) is 0 Å².